The van der Waals surface area contributed by atoms with Gasteiger partial charge in [0, 0.05) is 18.8 Å². The van der Waals surface area contributed by atoms with Gasteiger partial charge in [0.1, 0.15) is 0 Å². The van der Waals surface area contributed by atoms with Crippen molar-refractivity contribution in [2.75, 3.05) is 18.0 Å². The molecule has 0 unspecified atom stereocenters. The van der Waals surface area contributed by atoms with Crippen LogP contribution in [0.4, 0.5) is 10.5 Å². The van der Waals surface area contributed by atoms with Gasteiger partial charge < -0.3 is 21.1 Å². The van der Waals surface area contributed by atoms with Gasteiger partial charge in [-0.25, -0.2) is 4.79 Å². The van der Waals surface area contributed by atoms with Crippen molar-refractivity contribution in [3.8, 4) is 0 Å². The molecule has 0 saturated carbocycles. The smallest absolute Gasteiger partial charge is 0.404 e. The summed E-state index contributed by atoms with van der Waals surface area (Å²) in [5.41, 5.74) is 6.55. The zero-order chi connectivity index (χ0) is 13.1. The molecule has 1 saturated heterocycles. The fourth-order valence-electron chi connectivity index (χ4n) is 2.23. The number of carboxylic acid groups (broad SMARTS) is 1. The number of nitrogens with zero attached hydrogens (tertiary/aromatic N) is 1. The van der Waals surface area contributed by atoms with Crippen molar-refractivity contribution < 1.29 is 14.7 Å². The van der Waals surface area contributed by atoms with Crippen LogP contribution in [-0.4, -0.2) is 36.2 Å². The number of benzene rings is 1. The highest BCUT2D eigenvalue weighted by molar-refractivity contribution is 5.98. The summed E-state index contributed by atoms with van der Waals surface area (Å²) >= 11 is 0. The van der Waals surface area contributed by atoms with E-state index in [1.54, 1.807) is 12.1 Å². The summed E-state index contributed by atoms with van der Waals surface area (Å²) in [6.07, 6.45) is -0.301. The zero-order valence-electron chi connectivity index (χ0n) is 9.80. The van der Waals surface area contributed by atoms with E-state index in [0.29, 0.717) is 18.7 Å². The van der Waals surface area contributed by atoms with Gasteiger partial charge in [-0.05, 0) is 18.6 Å². The lowest BCUT2D eigenvalue weighted by Crippen LogP contribution is -2.36. The van der Waals surface area contributed by atoms with Gasteiger partial charge in [0.25, 0.3) is 5.91 Å². The number of hydrogen-bond donors (Lipinski definition) is 3. The average molecular weight is 249 g/mol. The third-order valence-electron chi connectivity index (χ3n) is 3.03. The Morgan fingerprint density at radius 2 is 2.11 bits per heavy atom. The van der Waals surface area contributed by atoms with Gasteiger partial charge in [0.2, 0.25) is 0 Å². The molecular weight excluding hydrogens is 234 g/mol. The normalized spacial score (nSPS) is 18.7. The summed E-state index contributed by atoms with van der Waals surface area (Å²) in [5, 5.41) is 11.1. The van der Waals surface area contributed by atoms with Crippen LogP contribution in [0.1, 0.15) is 16.8 Å². The Morgan fingerprint density at radius 3 is 2.78 bits per heavy atom. The maximum atomic E-state index is 11.3. The van der Waals surface area contributed by atoms with Crippen molar-refractivity contribution in [1.29, 1.82) is 0 Å². The number of rotatable bonds is 3. The highest BCUT2D eigenvalue weighted by Gasteiger charge is 2.25. The van der Waals surface area contributed by atoms with Gasteiger partial charge in [-0.2, -0.15) is 0 Å². The van der Waals surface area contributed by atoms with E-state index >= 15 is 0 Å². The minimum atomic E-state index is -1.02. The molecule has 6 nitrogen and oxygen atoms in total. The van der Waals surface area contributed by atoms with E-state index in [4.69, 9.17) is 10.8 Å². The quantitative estimate of drug-likeness (QED) is 0.732. The van der Waals surface area contributed by atoms with Crippen LogP contribution in [-0.2, 0) is 0 Å². The summed E-state index contributed by atoms with van der Waals surface area (Å²) in [6.45, 7) is 1.26. The molecule has 1 aliphatic heterocycles. The van der Waals surface area contributed by atoms with E-state index in [1.165, 1.54) is 0 Å². The average Bonchev–Trinajstić information content (AvgIpc) is 2.76. The molecule has 18 heavy (non-hydrogen) atoms. The predicted octanol–water partition coefficient (Wildman–Crippen LogP) is 0.632. The molecule has 1 aliphatic rings. The predicted molar refractivity (Wildman–Crippen MR) is 66.7 cm³/mol. The highest BCUT2D eigenvalue weighted by Crippen LogP contribution is 2.24. The molecule has 0 aliphatic carbocycles. The number of carbonyl (C=O) groups is 2. The molecule has 0 aromatic heterocycles. The summed E-state index contributed by atoms with van der Waals surface area (Å²) in [4.78, 5) is 23.9. The summed E-state index contributed by atoms with van der Waals surface area (Å²) in [6, 6.07) is 6.98. The maximum Gasteiger partial charge on any atom is 0.404 e. The number of anilines is 1. The topological polar surface area (TPSA) is 95.7 Å². The minimum absolute atomic E-state index is 0.108. The second-order valence-corrected chi connectivity index (χ2v) is 4.26. The monoisotopic (exact) mass is 249 g/mol. The second-order valence-electron chi connectivity index (χ2n) is 4.26. The SMILES string of the molecule is NC(=O)c1ccccc1N1CC[C@H](NC(=O)O)C1. The molecule has 0 spiro atoms. The van der Waals surface area contributed by atoms with Gasteiger partial charge in [0.15, 0.2) is 0 Å². The van der Waals surface area contributed by atoms with Crippen LogP contribution in [0.15, 0.2) is 24.3 Å². The summed E-state index contributed by atoms with van der Waals surface area (Å²) in [5.74, 6) is -0.472. The van der Waals surface area contributed by atoms with Crippen LogP contribution >= 0.6 is 0 Å². The van der Waals surface area contributed by atoms with E-state index in [-0.39, 0.29) is 6.04 Å². The Balaban J connectivity index is 2.14. The fraction of sp³-hybridized carbons (Fsp3) is 0.333. The lowest BCUT2D eigenvalue weighted by Gasteiger charge is -2.20. The van der Waals surface area contributed by atoms with Crippen molar-refractivity contribution in [1.82, 2.24) is 5.32 Å². The molecule has 1 aromatic carbocycles. The number of amides is 2. The van der Waals surface area contributed by atoms with Gasteiger partial charge >= 0.3 is 6.09 Å². The Labute approximate surface area is 104 Å². The first-order valence-corrected chi connectivity index (χ1v) is 5.71. The molecule has 1 atom stereocenters. The molecule has 96 valence electrons. The first kappa shape index (κ1) is 12.2. The molecule has 0 bridgehead atoms. The zero-order valence-corrected chi connectivity index (χ0v) is 9.80. The number of hydrogen-bond acceptors (Lipinski definition) is 3. The van der Waals surface area contributed by atoms with Crippen LogP contribution in [0.25, 0.3) is 0 Å². The molecule has 2 amide bonds. The number of para-hydroxylation sites is 1. The Bertz CT molecular complexity index is 475. The van der Waals surface area contributed by atoms with Crippen LogP contribution in [0.5, 0.6) is 0 Å². The Kier molecular flexibility index (Phi) is 3.36. The first-order valence-electron chi connectivity index (χ1n) is 5.71. The van der Waals surface area contributed by atoms with E-state index in [2.05, 4.69) is 5.32 Å². The number of primary amides is 1. The van der Waals surface area contributed by atoms with Crippen molar-refractivity contribution in [3.05, 3.63) is 29.8 Å². The molecule has 1 aromatic rings. The van der Waals surface area contributed by atoms with Crippen LogP contribution in [0, 0.1) is 0 Å². The molecule has 4 N–H and O–H groups in total. The minimum Gasteiger partial charge on any atom is -0.465 e. The highest BCUT2D eigenvalue weighted by atomic mass is 16.4. The lowest BCUT2D eigenvalue weighted by molar-refractivity contribution is 0.100. The van der Waals surface area contributed by atoms with E-state index in [0.717, 1.165) is 12.1 Å². The number of nitrogens with two attached hydrogens (primary N) is 1. The van der Waals surface area contributed by atoms with Gasteiger partial charge in [-0.3, -0.25) is 4.79 Å². The van der Waals surface area contributed by atoms with Crippen LogP contribution < -0.4 is 16.0 Å². The molecule has 2 rings (SSSR count). The van der Waals surface area contributed by atoms with Crippen molar-refractivity contribution in [2.24, 2.45) is 5.73 Å². The molecule has 1 heterocycles. The van der Waals surface area contributed by atoms with Gasteiger partial charge in [0.05, 0.1) is 11.6 Å². The van der Waals surface area contributed by atoms with Gasteiger partial charge in [-0.1, -0.05) is 12.1 Å². The van der Waals surface area contributed by atoms with Crippen molar-refractivity contribution in [2.45, 2.75) is 12.5 Å². The molecule has 0 radical (unpaired) electrons. The van der Waals surface area contributed by atoms with Crippen molar-refractivity contribution >= 4 is 17.7 Å². The fourth-order valence-corrected chi connectivity index (χ4v) is 2.23. The van der Waals surface area contributed by atoms with E-state index in [9.17, 15) is 9.59 Å². The lowest BCUT2D eigenvalue weighted by atomic mass is 10.1. The Morgan fingerprint density at radius 1 is 1.39 bits per heavy atom. The second kappa shape index (κ2) is 4.95. The standard InChI is InChI=1S/C12H15N3O3/c13-11(16)9-3-1-2-4-10(9)15-6-5-8(7-15)14-12(17)18/h1-4,8,14H,5-7H2,(H2,13,16)(H,17,18)/t8-/m0/s1. The summed E-state index contributed by atoms with van der Waals surface area (Å²) < 4.78 is 0. The molecule has 1 fully saturated rings. The third kappa shape index (κ3) is 2.53. The van der Waals surface area contributed by atoms with E-state index in [1.807, 2.05) is 17.0 Å². The third-order valence-corrected chi connectivity index (χ3v) is 3.03. The van der Waals surface area contributed by atoms with Crippen LogP contribution in [0.3, 0.4) is 0 Å². The van der Waals surface area contributed by atoms with Crippen molar-refractivity contribution in [3.63, 3.8) is 0 Å². The van der Waals surface area contributed by atoms with E-state index < -0.39 is 12.0 Å². The largest absolute Gasteiger partial charge is 0.465 e. The van der Waals surface area contributed by atoms with Gasteiger partial charge in [-0.15, -0.1) is 0 Å². The molecule has 6 heteroatoms. The van der Waals surface area contributed by atoms with Crippen LogP contribution in [0.2, 0.25) is 0 Å². The number of nitrogens with one attached hydrogen (secondary N) is 1. The number of carbonyl (C=O) groups excluding carboxylic acids is 1. The summed E-state index contributed by atoms with van der Waals surface area (Å²) in [7, 11) is 0. The maximum absolute atomic E-state index is 11.3. The molecular formula is C12H15N3O3. The first-order chi connectivity index (χ1) is 8.58. The Hall–Kier alpha value is -2.24.